The van der Waals surface area contributed by atoms with Crippen LogP contribution in [0.4, 0.5) is 0 Å². The fourth-order valence-electron chi connectivity index (χ4n) is 7.21. The molecule has 2 aliphatic rings. The van der Waals surface area contributed by atoms with E-state index in [1.54, 1.807) is 22.0 Å². The first-order valence-electron chi connectivity index (χ1n) is 13.3. The first-order chi connectivity index (χ1) is 17.4. The predicted octanol–water partition coefficient (Wildman–Crippen LogP) is 6.32. The maximum absolute atomic E-state index is 6.34. The molecule has 0 unspecified atom stereocenters. The number of hydrogen-bond donors (Lipinski definition) is 1. The highest BCUT2D eigenvalue weighted by Crippen LogP contribution is 2.55. The minimum absolute atomic E-state index is 0.0928. The molecule has 1 atom stereocenters. The molecule has 1 nitrogen and oxygen atoms in total. The van der Waals surface area contributed by atoms with Gasteiger partial charge in [0.2, 0.25) is 0 Å². The Labute approximate surface area is 217 Å². The van der Waals surface area contributed by atoms with Crippen LogP contribution in [0.5, 0.6) is 0 Å². The van der Waals surface area contributed by atoms with Crippen molar-refractivity contribution in [3.8, 4) is 0 Å². The quantitative estimate of drug-likeness (QED) is 0.334. The van der Waals surface area contributed by atoms with Crippen LogP contribution in [0.2, 0.25) is 0 Å². The van der Waals surface area contributed by atoms with Gasteiger partial charge in [-0.15, -0.1) is 0 Å². The standard InChI is InChI=1S/C34H36NP/c1-22-15-23(2)18-29(17-22)36(30-19-24(3)16-25(4)20-30)31-10-6-8-27-12-14-34(33(27)31)13-11-26-7-5-9-28(21-35)32(26)34/h5-10,15-20H,11-14,21,35H2,1-4H3/t34-/m0/s1. The first-order valence-corrected chi connectivity index (χ1v) is 14.6. The molecule has 0 aromatic heterocycles. The third-order valence-corrected chi connectivity index (χ3v) is 10.8. The largest absolute Gasteiger partial charge is 0.326 e. The Hall–Kier alpha value is -2.73. The van der Waals surface area contributed by atoms with Crippen LogP contribution >= 0.6 is 7.92 Å². The van der Waals surface area contributed by atoms with E-state index in [1.165, 1.54) is 56.8 Å². The lowest BCUT2D eigenvalue weighted by atomic mass is 9.75. The van der Waals surface area contributed by atoms with Gasteiger partial charge in [-0.05, 0) is 105 Å². The van der Waals surface area contributed by atoms with Crippen molar-refractivity contribution in [3.63, 3.8) is 0 Å². The second-order valence-electron chi connectivity index (χ2n) is 11.1. The maximum atomic E-state index is 6.34. The fourth-order valence-corrected chi connectivity index (χ4v) is 10.2. The van der Waals surface area contributed by atoms with Crippen LogP contribution < -0.4 is 21.6 Å². The minimum atomic E-state index is -0.690. The highest BCUT2D eigenvalue weighted by atomic mass is 31.1. The van der Waals surface area contributed by atoms with Gasteiger partial charge in [-0.2, -0.15) is 0 Å². The highest BCUT2D eigenvalue weighted by Gasteiger charge is 2.47. The van der Waals surface area contributed by atoms with Crippen LogP contribution in [-0.2, 0) is 24.8 Å². The van der Waals surface area contributed by atoms with E-state index in [1.807, 2.05) is 0 Å². The zero-order valence-corrected chi connectivity index (χ0v) is 22.9. The number of rotatable bonds is 4. The first kappa shape index (κ1) is 23.7. The molecule has 1 spiro atoms. The van der Waals surface area contributed by atoms with E-state index in [4.69, 9.17) is 5.73 Å². The minimum Gasteiger partial charge on any atom is -0.326 e. The van der Waals surface area contributed by atoms with Crippen molar-refractivity contribution < 1.29 is 0 Å². The summed E-state index contributed by atoms with van der Waals surface area (Å²) in [5.74, 6) is 0. The van der Waals surface area contributed by atoms with Crippen LogP contribution in [0.25, 0.3) is 0 Å². The zero-order chi connectivity index (χ0) is 25.0. The van der Waals surface area contributed by atoms with Crippen LogP contribution in [-0.4, -0.2) is 0 Å². The molecule has 6 rings (SSSR count). The molecule has 0 saturated heterocycles. The molecule has 2 N–H and O–H groups in total. The van der Waals surface area contributed by atoms with Crippen LogP contribution in [0.3, 0.4) is 0 Å². The van der Waals surface area contributed by atoms with Crippen molar-refractivity contribution in [2.75, 3.05) is 0 Å². The number of benzene rings is 4. The molecule has 0 heterocycles. The third kappa shape index (κ3) is 3.76. The van der Waals surface area contributed by atoms with Gasteiger partial charge >= 0.3 is 0 Å². The summed E-state index contributed by atoms with van der Waals surface area (Å²) in [6.45, 7) is 9.57. The van der Waals surface area contributed by atoms with Gasteiger partial charge in [0, 0.05) is 12.0 Å². The van der Waals surface area contributed by atoms with E-state index in [0.717, 1.165) is 12.8 Å². The third-order valence-electron chi connectivity index (χ3n) is 8.36. The highest BCUT2D eigenvalue weighted by molar-refractivity contribution is 7.80. The normalized spacial score (nSPS) is 18.2. The van der Waals surface area contributed by atoms with E-state index < -0.39 is 7.92 Å². The molecule has 36 heavy (non-hydrogen) atoms. The number of nitrogens with two attached hydrogens (primary N) is 1. The number of fused-ring (bicyclic) bond motifs is 4. The number of hydrogen-bond acceptors (Lipinski definition) is 1. The summed E-state index contributed by atoms with van der Waals surface area (Å²) < 4.78 is 0. The van der Waals surface area contributed by atoms with Crippen LogP contribution in [0, 0.1) is 27.7 Å². The summed E-state index contributed by atoms with van der Waals surface area (Å²) in [7, 11) is -0.690. The van der Waals surface area contributed by atoms with E-state index >= 15 is 0 Å². The Kier molecular flexibility index (Phi) is 5.90. The molecule has 2 heteroatoms. The summed E-state index contributed by atoms with van der Waals surface area (Å²) in [5.41, 5.74) is 19.4. The van der Waals surface area contributed by atoms with Crippen molar-refractivity contribution in [3.05, 3.63) is 123 Å². The molecule has 0 amide bonds. The lowest BCUT2D eigenvalue weighted by molar-refractivity contribution is 0.506. The molecule has 4 aromatic carbocycles. The van der Waals surface area contributed by atoms with Crippen molar-refractivity contribution in [2.24, 2.45) is 5.73 Å². The second-order valence-corrected chi connectivity index (χ2v) is 13.3. The number of aryl methyl sites for hydroxylation is 6. The molecule has 0 bridgehead atoms. The van der Waals surface area contributed by atoms with Gasteiger partial charge in [0.25, 0.3) is 0 Å². The summed E-state index contributed by atoms with van der Waals surface area (Å²) in [6, 6.07) is 28.3. The summed E-state index contributed by atoms with van der Waals surface area (Å²) in [5, 5.41) is 4.48. The van der Waals surface area contributed by atoms with E-state index in [9.17, 15) is 0 Å². The molecule has 4 aromatic rings. The van der Waals surface area contributed by atoms with Crippen molar-refractivity contribution in [2.45, 2.75) is 65.3 Å². The Bertz CT molecular complexity index is 1390. The summed E-state index contributed by atoms with van der Waals surface area (Å²) >= 11 is 0. The molecule has 2 aliphatic carbocycles. The van der Waals surface area contributed by atoms with Crippen molar-refractivity contribution in [1.29, 1.82) is 0 Å². The zero-order valence-electron chi connectivity index (χ0n) is 22.0. The molecule has 0 fully saturated rings. The van der Waals surface area contributed by atoms with Gasteiger partial charge in [0.1, 0.15) is 0 Å². The molecule has 182 valence electrons. The molecule has 0 aliphatic heterocycles. The Balaban J connectivity index is 1.65. The Morgan fingerprint density at radius 1 is 0.667 bits per heavy atom. The monoisotopic (exact) mass is 489 g/mol. The van der Waals surface area contributed by atoms with Gasteiger partial charge in [-0.3, -0.25) is 0 Å². The van der Waals surface area contributed by atoms with E-state index in [0.29, 0.717) is 6.54 Å². The lowest BCUT2D eigenvalue weighted by Gasteiger charge is -2.33. The van der Waals surface area contributed by atoms with Gasteiger partial charge in [-0.1, -0.05) is 95.1 Å². The second kappa shape index (κ2) is 8.98. The summed E-state index contributed by atoms with van der Waals surface area (Å²) in [4.78, 5) is 0. The van der Waals surface area contributed by atoms with Crippen LogP contribution in [0.15, 0.2) is 72.8 Å². The topological polar surface area (TPSA) is 26.0 Å². The van der Waals surface area contributed by atoms with E-state index in [-0.39, 0.29) is 5.41 Å². The summed E-state index contributed by atoms with van der Waals surface area (Å²) in [6.07, 6.45) is 4.71. The van der Waals surface area contributed by atoms with Crippen molar-refractivity contribution in [1.82, 2.24) is 0 Å². The molecular formula is C34H36NP. The molecule has 0 radical (unpaired) electrons. The fraction of sp³-hybridized carbons (Fsp3) is 0.294. The molecule has 0 saturated carbocycles. The average molecular weight is 490 g/mol. The molecular weight excluding hydrogens is 453 g/mol. The van der Waals surface area contributed by atoms with Gasteiger partial charge < -0.3 is 5.73 Å². The predicted molar refractivity (Wildman–Crippen MR) is 156 cm³/mol. The SMILES string of the molecule is Cc1cc(C)cc(P(c2cc(C)cc(C)c2)c2cccc3c2[C@@]2(CCc4cccc(CN)c42)CC3)c1. The lowest BCUT2D eigenvalue weighted by Crippen LogP contribution is -2.32. The van der Waals surface area contributed by atoms with Crippen molar-refractivity contribution >= 4 is 23.8 Å². The maximum Gasteiger partial charge on any atom is 0.0224 e. The Morgan fingerprint density at radius 3 is 1.69 bits per heavy atom. The van der Waals surface area contributed by atoms with Gasteiger partial charge in [-0.25, -0.2) is 0 Å². The average Bonchev–Trinajstić information content (AvgIpc) is 3.40. The van der Waals surface area contributed by atoms with Gasteiger partial charge in [0.15, 0.2) is 0 Å². The smallest absolute Gasteiger partial charge is 0.0224 e. The Morgan fingerprint density at radius 2 is 1.17 bits per heavy atom. The van der Waals surface area contributed by atoms with Crippen LogP contribution in [0.1, 0.15) is 62.9 Å². The van der Waals surface area contributed by atoms with Gasteiger partial charge in [0.05, 0.1) is 0 Å². The van der Waals surface area contributed by atoms with E-state index in [2.05, 4.69) is 100 Å².